The Labute approximate surface area is 141 Å². The fraction of sp³-hybridized carbons (Fsp3) is 0.882. The van der Waals surface area contributed by atoms with E-state index in [9.17, 15) is 8.42 Å². The first-order valence-corrected chi connectivity index (χ1v) is 10.6. The van der Waals surface area contributed by atoms with Gasteiger partial charge in [0.2, 0.25) is 10.0 Å². The molecule has 1 aliphatic carbocycles. The molecule has 0 aromatic carbocycles. The van der Waals surface area contributed by atoms with E-state index in [1.54, 1.807) is 12.7 Å². The Morgan fingerprint density at radius 3 is 2.70 bits per heavy atom. The van der Waals surface area contributed by atoms with Crippen molar-refractivity contribution in [2.45, 2.75) is 57.4 Å². The Kier molecular flexibility index (Phi) is 8.03. The summed E-state index contributed by atoms with van der Waals surface area (Å²) in [5, 5.41) is 0. The van der Waals surface area contributed by atoms with Crippen molar-refractivity contribution in [3.05, 3.63) is 11.6 Å². The summed E-state index contributed by atoms with van der Waals surface area (Å²) in [6.07, 6.45) is 10.8. The van der Waals surface area contributed by atoms with Gasteiger partial charge in [-0.1, -0.05) is 11.6 Å². The minimum Gasteiger partial charge on any atom is -0.385 e. The number of sulfonamides is 1. The van der Waals surface area contributed by atoms with Crippen molar-refractivity contribution in [1.82, 2.24) is 9.62 Å². The zero-order chi connectivity index (χ0) is 16.5. The zero-order valence-corrected chi connectivity index (χ0v) is 15.2. The quantitative estimate of drug-likeness (QED) is 0.515. The fourth-order valence-corrected chi connectivity index (χ4v) is 4.84. The smallest absolute Gasteiger partial charge is 0.211 e. The first-order chi connectivity index (χ1) is 11.1. The van der Waals surface area contributed by atoms with Crippen LogP contribution in [0.4, 0.5) is 0 Å². The number of ether oxygens (including phenoxy) is 1. The summed E-state index contributed by atoms with van der Waals surface area (Å²) in [5.41, 5.74) is 1.58. The van der Waals surface area contributed by atoms with E-state index in [1.165, 1.54) is 25.7 Å². The predicted molar refractivity (Wildman–Crippen MR) is 94.0 cm³/mol. The maximum atomic E-state index is 12.1. The van der Waals surface area contributed by atoms with E-state index in [1.807, 2.05) is 0 Å². The molecule has 0 spiro atoms. The minimum absolute atomic E-state index is 0.110. The third-order valence-electron chi connectivity index (χ3n) is 4.76. The van der Waals surface area contributed by atoms with Crippen molar-refractivity contribution in [1.29, 1.82) is 0 Å². The summed E-state index contributed by atoms with van der Waals surface area (Å²) < 4.78 is 32.0. The Balaban J connectivity index is 1.66. The van der Waals surface area contributed by atoms with Gasteiger partial charge >= 0.3 is 0 Å². The van der Waals surface area contributed by atoms with E-state index in [0.717, 1.165) is 38.9 Å². The largest absolute Gasteiger partial charge is 0.385 e. The molecule has 23 heavy (non-hydrogen) atoms. The standard InChI is InChI=1S/C17H32N2O3S/c1-22-13-5-6-14-23(20,21)18-17-9-11-19(12-10-17)15-16-7-3-2-4-8-16/h7,17-18H,2-6,8-15H2,1H3. The van der Waals surface area contributed by atoms with Crippen LogP contribution in [-0.2, 0) is 14.8 Å². The van der Waals surface area contributed by atoms with Gasteiger partial charge in [-0.05, 0) is 64.5 Å². The first kappa shape index (κ1) is 18.9. The Morgan fingerprint density at radius 1 is 1.26 bits per heavy atom. The molecule has 0 aromatic rings. The number of piperidine rings is 1. The van der Waals surface area contributed by atoms with Crippen LogP contribution in [0.2, 0.25) is 0 Å². The molecule has 2 rings (SSSR count). The zero-order valence-electron chi connectivity index (χ0n) is 14.4. The molecule has 1 fully saturated rings. The van der Waals surface area contributed by atoms with Crippen molar-refractivity contribution in [3.63, 3.8) is 0 Å². The molecule has 1 aliphatic heterocycles. The van der Waals surface area contributed by atoms with E-state index in [-0.39, 0.29) is 11.8 Å². The molecule has 0 bridgehead atoms. The van der Waals surface area contributed by atoms with Crippen molar-refractivity contribution in [2.24, 2.45) is 0 Å². The van der Waals surface area contributed by atoms with Gasteiger partial charge < -0.3 is 4.74 Å². The van der Waals surface area contributed by atoms with Crippen molar-refractivity contribution < 1.29 is 13.2 Å². The molecule has 5 nitrogen and oxygen atoms in total. The summed E-state index contributed by atoms with van der Waals surface area (Å²) in [5.74, 6) is 0.212. The van der Waals surface area contributed by atoms with Crippen LogP contribution in [0.5, 0.6) is 0 Å². The molecule has 0 atom stereocenters. The van der Waals surface area contributed by atoms with Crippen LogP contribution in [-0.4, -0.2) is 58.5 Å². The lowest BCUT2D eigenvalue weighted by molar-refractivity contribution is 0.194. The monoisotopic (exact) mass is 344 g/mol. The Hall–Kier alpha value is -0.430. The van der Waals surface area contributed by atoms with Crippen LogP contribution in [0.25, 0.3) is 0 Å². The number of methoxy groups -OCH3 is 1. The summed E-state index contributed by atoms with van der Waals surface area (Å²) in [6, 6.07) is 0.110. The topological polar surface area (TPSA) is 58.6 Å². The van der Waals surface area contributed by atoms with Crippen LogP contribution < -0.4 is 4.72 Å². The second-order valence-corrected chi connectivity index (χ2v) is 8.67. The molecule has 134 valence electrons. The molecular formula is C17H32N2O3S. The second-order valence-electron chi connectivity index (χ2n) is 6.80. The molecule has 1 N–H and O–H groups in total. The highest BCUT2D eigenvalue weighted by Gasteiger charge is 2.23. The van der Waals surface area contributed by atoms with E-state index >= 15 is 0 Å². The molecule has 6 heteroatoms. The number of unbranched alkanes of at least 4 members (excludes halogenated alkanes) is 1. The molecule has 0 radical (unpaired) electrons. The highest BCUT2D eigenvalue weighted by Crippen LogP contribution is 2.20. The lowest BCUT2D eigenvalue weighted by atomic mass is 9.98. The summed E-state index contributed by atoms with van der Waals surface area (Å²) in [4.78, 5) is 2.47. The number of hydrogen-bond donors (Lipinski definition) is 1. The van der Waals surface area contributed by atoms with Crippen molar-refractivity contribution in [3.8, 4) is 0 Å². The number of nitrogens with one attached hydrogen (secondary N) is 1. The summed E-state index contributed by atoms with van der Waals surface area (Å²) >= 11 is 0. The number of nitrogens with zero attached hydrogens (tertiary/aromatic N) is 1. The van der Waals surface area contributed by atoms with E-state index in [4.69, 9.17) is 4.74 Å². The second kappa shape index (κ2) is 9.77. The number of rotatable bonds is 9. The third kappa shape index (κ3) is 7.33. The molecule has 0 amide bonds. The number of allylic oxidation sites excluding steroid dienone is 1. The highest BCUT2D eigenvalue weighted by molar-refractivity contribution is 7.89. The SMILES string of the molecule is COCCCCS(=O)(=O)NC1CCN(CC2=CCCCC2)CC1. The molecule has 0 unspecified atom stereocenters. The molecule has 0 saturated carbocycles. The number of likely N-dealkylation sites (tertiary alicyclic amines) is 1. The average Bonchev–Trinajstić information content (AvgIpc) is 2.54. The van der Waals surface area contributed by atoms with Gasteiger partial charge in [0.15, 0.2) is 0 Å². The van der Waals surface area contributed by atoms with Crippen molar-refractivity contribution >= 4 is 10.0 Å². The van der Waals surface area contributed by atoms with Gasteiger partial charge in [-0.3, -0.25) is 4.90 Å². The minimum atomic E-state index is -3.14. The van der Waals surface area contributed by atoms with Gasteiger partial charge in [0.05, 0.1) is 5.75 Å². The van der Waals surface area contributed by atoms with Gasteiger partial charge in [0.1, 0.15) is 0 Å². The number of hydrogen-bond acceptors (Lipinski definition) is 4. The fourth-order valence-electron chi connectivity index (χ4n) is 3.40. The van der Waals surface area contributed by atoms with Gasteiger partial charge in [-0.2, -0.15) is 0 Å². The van der Waals surface area contributed by atoms with Gasteiger partial charge in [-0.25, -0.2) is 13.1 Å². The van der Waals surface area contributed by atoms with Crippen LogP contribution >= 0.6 is 0 Å². The summed E-state index contributed by atoms with van der Waals surface area (Å²) in [7, 11) is -1.50. The van der Waals surface area contributed by atoms with E-state index < -0.39 is 10.0 Å². The molecular weight excluding hydrogens is 312 g/mol. The molecule has 2 aliphatic rings. The Bertz CT molecular complexity index is 468. The van der Waals surface area contributed by atoms with Crippen LogP contribution in [0, 0.1) is 0 Å². The summed E-state index contributed by atoms with van der Waals surface area (Å²) in [6.45, 7) is 3.70. The van der Waals surface area contributed by atoms with Crippen molar-refractivity contribution in [2.75, 3.05) is 39.1 Å². The third-order valence-corrected chi connectivity index (χ3v) is 6.28. The first-order valence-electron chi connectivity index (χ1n) is 8.98. The lowest BCUT2D eigenvalue weighted by Crippen LogP contribution is -2.45. The lowest BCUT2D eigenvalue weighted by Gasteiger charge is -2.33. The average molecular weight is 345 g/mol. The van der Waals surface area contributed by atoms with Crippen LogP contribution in [0.1, 0.15) is 51.4 Å². The highest BCUT2D eigenvalue weighted by atomic mass is 32.2. The molecule has 1 saturated heterocycles. The predicted octanol–water partition coefficient (Wildman–Crippen LogP) is 2.30. The van der Waals surface area contributed by atoms with Crippen LogP contribution in [0.3, 0.4) is 0 Å². The normalized spacial score (nSPS) is 21.3. The maximum absolute atomic E-state index is 12.1. The van der Waals surface area contributed by atoms with E-state index in [0.29, 0.717) is 13.0 Å². The Morgan fingerprint density at radius 2 is 2.04 bits per heavy atom. The molecule has 1 heterocycles. The maximum Gasteiger partial charge on any atom is 0.211 e. The van der Waals surface area contributed by atoms with Gasteiger partial charge in [-0.15, -0.1) is 0 Å². The van der Waals surface area contributed by atoms with Gasteiger partial charge in [0, 0.05) is 26.3 Å². The van der Waals surface area contributed by atoms with Gasteiger partial charge in [0.25, 0.3) is 0 Å². The molecule has 0 aromatic heterocycles. The van der Waals surface area contributed by atoms with Crippen LogP contribution in [0.15, 0.2) is 11.6 Å². The van der Waals surface area contributed by atoms with E-state index in [2.05, 4.69) is 15.7 Å².